The molecule has 0 amide bonds. The fraction of sp³-hybridized carbons (Fsp3) is 0.273. The van der Waals surface area contributed by atoms with Gasteiger partial charge in [0.05, 0.1) is 11.6 Å². The minimum absolute atomic E-state index is 0.369. The average Bonchev–Trinajstić information content (AvgIpc) is 2.65. The van der Waals surface area contributed by atoms with Crippen LogP contribution in [0.5, 0.6) is 0 Å². The Kier molecular flexibility index (Phi) is 2.73. The van der Waals surface area contributed by atoms with E-state index in [1.807, 2.05) is 10.6 Å². The third kappa shape index (κ3) is 1.75. The Labute approximate surface area is 93.7 Å². The summed E-state index contributed by atoms with van der Waals surface area (Å²) in [7, 11) is 0. The van der Waals surface area contributed by atoms with Gasteiger partial charge in [-0.1, -0.05) is 18.2 Å². The number of hydrogen-bond acceptors (Lipinski definition) is 2. The predicted molar refractivity (Wildman–Crippen MR) is 60.4 cm³/mol. The summed E-state index contributed by atoms with van der Waals surface area (Å²) in [5.74, 6) is 1.14. The molecule has 0 bridgehead atoms. The maximum atomic E-state index is 5.80. The maximum Gasteiger partial charge on any atom is 0.152 e. The molecule has 0 N–H and O–H groups in total. The van der Waals surface area contributed by atoms with Gasteiger partial charge in [0, 0.05) is 0 Å². The molecular weight excluding hydrogens is 210 g/mol. The molecule has 0 aliphatic carbocycles. The van der Waals surface area contributed by atoms with Gasteiger partial charge in [0.1, 0.15) is 6.33 Å². The minimum atomic E-state index is 0.369. The van der Waals surface area contributed by atoms with Crippen molar-refractivity contribution in [3.63, 3.8) is 0 Å². The van der Waals surface area contributed by atoms with E-state index in [-0.39, 0.29) is 0 Å². The second-order valence-corrected chi connectivity index (χ2v) is 3.76. The highest BCUT2D eigenvalue weighted by molar-refractivity contribution is 6.16. The van der Waals surface area contributed by atoms with Crippen LogP contribution in [0.25, 0.3) is 5.69 Å². The first kappa shape index (κ1) is 10.2. The molecule has 0 saturated heterocycles. The summed E-state index contributed by atoms with van der Waals surface area (Å²) in [6.07, 6.45) is 1.70. The lowest BCUT2D eigenvalue weighted by Crippen LogP contribution is -2.02. The molecule has 0 unspecified atom stereocenters. The van der Waals surface area contributed by atoms with E-state index < -0.39 is 0 Å². The zero-order valence-corrected chi connectivity index (χ0v) is 9.49. The Bertz CT molecular complexity index is 456. The smallest absolute Gasteiger partial charge is 0.152 e. The first-order chi connectivity index (χ1) is 7.24. The lowest BCUT2D eigenvalue weighted by Gasteiger charge is -2.11. The highest BCUT2D eigenvalue weighted by Crippen LogP contribution is 2.19. The van der Waals surface area contributed by atoms with Crippen LogP contribution in [0.15, 0.2) is 24.5 Å². The number of halogens is 1. The Morgan fingerprint density at radius 2 is 1.93 bits per heavy atom. The van der Waals surface area contributed by atoms with Crippen LogP contribution in [0.2, 0.25) is 0 Å². The van der Waals surface area contributed by atoms with Crippen molar-refractivity contribution < 1.29 is 0 Å². The second-order valence-electron chi connectivity index (χ2n) is 3.49. The van der Waals surface area contributed by atoms with Crippen molar-refractivity contribution in [1.82, 2.24) is 14.8 Å². The highest BCUT2D eigenvalue weighted by Gasteiger charge is 2.09. The quantitative estimate of drug-likeness (QED) is 0.730. The monoisotopic (exact) mass is 221 g/mol. The molecule has 0 spiro atoms. The fourth-order valence-electron chi connectivity index (χ4n) is 1.72. The Morgan fingerprint density at radius 1 is 1.27 bits per heavy atom. The molecule has 0 atom stereocenters. The summed E-state index contributed by atoms with van der Waals surface area (Å²) < 4.78 is 1.94. The van der Waals surface area contributed by atoms with Gasteiger partial charge < -0.3 is 0 Å². The molecule has 15 heavy (non-hydrogen) atoms. The van der Waals surface area contributed by atoms with Crippen molar-refractivity contribution in [2.75, 3.05) is 0 Å². The molecule has 2 rings (SSSR count). The van der Waals surface area contributed by atoms with Crippen molar-refractivity contribution in [1.29, 1.82) is 0 Å². The van der Waals surface area contributed by atoms with E-state index in [2.05, 4.69) is 36.2 Å². The highest BCUT2D eigenvalue weighted by atomic mass is 35.5. The molecule has 1 heterocycles. The van der Waals surface area contributed by atoms with E-state index in [1.54, 1.807) is 6.33 Å². The molecule has 0 aliphatic rings. The van der Waals surface area contributed by atoms with E-state index >= 15 is 0 Å². The number of hydrogen-bond donors (Lipinski definition) is 0. The van der Waals surface area contributed by atoms with Crippen molar-refractivity contribution in [3.8, 4) is 5.69 Å². The summed E-state index contributed by atoms with van der Waals surface area (Å²) in [4.78, 5) is 0. The van der Waals surface area contributed by atoms with Gasteiger partial charge in [0.25, 0.3) is 0 Å². The number of benzene rings is 1. The predicted octanol–water partition coefficient (Wildman–Crippen LogP) is 2.62. The molecule has 0 fully saturated rings. The average molecular weight is 222 g/mol. The van der Waals surface area contributed by atoms with Crippen LogP contribution in [-0.2, 0) is 5.88 Å². The Balaban J connectivity index is 2.63. The van der Waals surface area contributed by atoms with E-state index in [9.17, 15) is 0 Å². The molecule has 2 aromatic rings. The Hall–Kier alpha value is -1.35. The third-order valence-electron chi connectivity index (χ3n) is 2.42. The molecule has 0 aliphatic heterocycles. The van der Waals surface area contributed by atoms with Gasteiger partial charge in [-0.25, -0.2) is 0 Å². The number of nitrogens with zero attached hydrogens (tertiary/aromatic N) is 3. The SMILES string of the molecule is Cc1cccc(C)c1-n1cnnc1CCl. The number of aromatic nitrogens is 3. The van der Waals surface area contributed by atoms with Gasteiger partial charge in [-0.15, -0.1) is 21.8 Å². The van der Waals surface area contributed by atoms with Crippen molar-refractivity contribution in [2.45, 2.75) is 19.7 Å². The number of para-hydroxylation sites is 1. The first-order valence-corrected chi connectivity index (χ1v) is 5.29. The summed E-state index contributed by atoms with van der Waals surface area (Å²) in [5.41, 5.74) is 3.51. The number of rotatable bonds is 2. The number of alkyl halides is 1. The van der Waals surface area contributed by atoms with Gasteiger partial charge in [-0.2, -0.15) is 0 Å². The first-order valence-electron chi connectivity index (χ1n) is 4.75. The molecule has 78 valence electrons. The van der Waals surface area contributed by atoms with Gasteiger partial charge in [0.15, 0.2) is 5.82 Å². The molecule has 3 nitrogen and oxygen atoms in total. The van der Waals surface area contributed by atoms with Crippen LogP contribution in [0.4, 0.5) is 0 Å². The summed E-state index contributed by atoms with van der Waals surface area (Å²) >= 11 is 5.80. The van der Waals surface area contributed by atoms with E-state index in [0.717, 1.165) is 11.5 Å². The third-order valence-corrected chi connectivity index (χ3v) is 2.66. The molecule has 1 aromatic carbocycles. The largest absolute Gasteiger partial charge is 0.284 e. The summed E-state index contributed by atoms with van der Waals surface area (Å²) in [6, 6.07) is 6.18. The minimum Gasteiger partial charge on any atom is -0.284 e. The molecule has 0 radical (unpaired) electrons. The molecule has 4 heteroatoms. The lowest BCUT2D eigenvalue weighted by molar-refractivity contribution is 0.935. The van der Waals surface area contributed by atoms with Gasteiger partial charge in [0.2, 0.25) is 0 Å². The van der Waals surface area contributed by atoms with Gasteiger partial charge >= 0.3 is 0 Å². The van der Waals surface area contributed by atoms with Gasteiger partial charge in [-0.3, -0.25) is 4.57 Å². The van der Waals surface area contributed by atoms with Crippen LogP contribution < -0.4 is 0 Å². The summed E-state index contributed by atoms with van der Waals surface area (Å²) in [5, 5.41) is 7.85. The number of aryl methyl sites for hydroxylation is 2. The maximum absolute atomic E-state index is 5.80. The standard InChI is InChI=1S/C11H12ClN3/c1-8-4-3-5-9(2)11(8)15-7-13-14-10(15)6-12/h3-5,7H,6H2,1-2H3. The zero-order chi connectivity index (χ0) is 10.8. The van der Waals surface area contributed by atoms with Gasteiger partial charge in [-0.05, 0) is 25.0 Å². The second kappa shape index (κ2) is 4.03. The van der Waals surface area contributed by atoms with Crippen molar-refractivity contribution in [3.05, 3.63) is 41.5 Å². The van der Waals surface area contributed by atoms with Crippen LogP contribution in [0.3, 0.4) is 0 Å². The van der Waals surface area contributed by atoms with E-state index in [4.69, 9.17) is 11.6 Å². The molecule has 0 saturated carbocycles. The Morgan fingerprint density at radius 3 is 2.53 bits per heavy atom. The molecular formula is C11H12ClN3. The zero-order valence-electron chi connectivity index (χ0n) is 8.74. The lowest BCUT2D eigenvalue weighted by atomic mass is 10.1. The normalized spacial score (nSPS) is 10.6. The van der Waals surface area contributed by atoms with E-state index in [1.165, 1.54) is 11.1 Å². The van der Waals surface area contributed by atoms with Crippen LogP contribution >= 0.6 is 11.6 Å². The summed E-state index contributed by atoms with van der Waals surface area (Å²) in [6.45, 7) is 4.14. The molecule has 1 aromatic heterocycles. The van der Waals surface area contributed by atoms with Crippen LogP contribution in [-0.4, -0.2) is 14.8 Å². The topological polar surface area (TPSA) is 30.7 Å². The van der Waals surface area contributed by atoms with Crippen LogP contribution in [0, 0.1) is 13.8 Å². The van der Waals surface area contributed by atoms with Crippen molar-refractivity contribution >= 4 is 11.6 Å². The van der Waals surface area contributed by atoms with Crippen molar-refractivity contribution in [2.24, 2.45) is 0 Å². The fourth-order valence-corrected chi connectivity index (χ4v) is 1.90. The van der Waals surface area contributed by atoms with Crippen LogP contribution in [0.1, 0.15) is 17.0 Å². The van der Waals surface area contributed by atoms with E-state index in [0.29, 0.717) is 5.88 Å².